The lowest BCUT2D eigenvalue weighted by atomic mass is 9.93. The van der Waals surface area contributed by atoms with Crippen molar-refractivity contribution in [3.63, 3.8) is 0 Å². The van der Waals surface area contributed by atoms with Crippen molar-refractivity contribution in [3.8, 4) is 0 Å². The monoisotopic (exact) mass is 282 g/mol. The van der Waals surface area contributed by atoms with Gasteiger partial charge in [0, 0.05) is 13.1 Å². The highest BCUT2D eigenvalue weighted by molar-refractivity contribution is 7.15. The van der Waals surface area contributed by atoms with Crippen LogP contribution in [0.25, 0.3) is 0 Å². The summed E-state index contributed by atoms with van der Waals surface area (Å²) in [4.78, 5) is 8.21. The van der Waals surface area contributed by atoms with Gasteiger partial charge in [-0.2, -0.15) is 0 Å². The van der Waals surface area contributed by atoms with Gasteiger partial charge in [-0.15, -0.1) is 0 Å². The van der Waals surface area contributed by atoms with E-state index in [0.29, 0.717) is 5.92 Å². The van der Waals surface area contributed by atoms with Crippen LogP contribution in [-0.4, -0.2) is 23.2 Å². The van der Waals surface area contributed by atoms with E-state index >= 15 is 0 Å². The Balaban J connectivity index is 2.03. The van der Waals surface area contributed by atoms with Crippen LogP contribution >= 0.6 is 11.3 Å². The first kappa shape index (κ1) is 14.8. The summed E-state index contributed by atoms with van der Waals surface area (Å²) in [6.45, 7) is 8.94. The lowest BCUT2D eigenvalue weighted by Gasteiger charge is -2.31. The topological polar surface area (TPSA) is 36.4 Å². The normalized spacial score (nSPS) is 17.4. The van der Waals surface area contributed by atoms with Gasteiger partial charge in [-0.25, -0.2) is 4.98 Å². The molecule has 0 atom stereocenters. The maximum Gasteiger partial charge on any atom is 0.185 e. The molecule has 108 valence electrons. The van der Waals surface area contributed by atoms with Gasteiger partial charge in [0.2, 0.25) is 0 Å². The van der Waals surface area contributed by atoms with Gasteiger partial charge in [0.15, 0.2) is 5.13 Å². The Morgan fingerprint density at radius 2 is 2.05 bits per heavy atom. The van der Waals surface area contributed by atoms with Gasteiger partial charge in [0.05, 0.1) is 17.2 Å². The van der Waals surface area contributed by atoms with E-state index in [1.54, 1.807) is 11.3 Å². The van der Waals surface area contributed by atoms with Crippen molar-refractivity contribution in [1.82, 2.24) is 4.98 Å². The highest BCUT2D eigenvalue weighted by atomic mass is 32.1. The third-order valence-electron chi connectivity index (χ3n) is 3.99. The fraction of sp³-hybridized carbons (Fsp3) is 0.800. The summed E-state index contributed by atoms with van der Waals surface area (Å²) >= 11 is 1.67. The van der Waals surface area contributed by atoms with Crippen LogP contribution in [0.1, 0.15) is 62.9 Å². The molecule has 0 aromatic carbocycles. The van der Waals surface area contributed by atoms with Crippen LogP contribution in [0, 0.1) is 5.92 Å². The lowest BCUT2D eigenvalue weighted by molar-refractivity contribution is 0.283. The Kier molecular flexibility index (Phi) is 5.22. The van der Waals surface area contributed by atoms with E-state index in [4.69, 9.17) is 4.98 Å². The first-order valence-electron chi connectivity index (χ1n) is 7.51. The van der Waals surface area contributed by atoms with Crippen molar-refractivity contribution in [1.29, 1.82) is 0 Å². The summed E-state index contributed by atoms with van der Waals surface area (Å²) in [5, 5.41) is 10.6. The highest BCUT2D eigenvalue weighted by Gasteiger charge is 2.22. The van der Waals surface area contributed by atoms with Crippen LogP contribution < -0.4 is 4.90 Å². The molecule has 0 bridgehead atoms. The molecular formula is C15H26N2OS. The lowest BCUT2D eigenvalue weighted by Crippen LogP contribution is -2.33. The standard InChI is InChI=1S/C15H26N2OS/c1-4-5-12-6-8-17(9-7-12)15-16-14(11(2)3)13(10-18)19-15/h11-12,18H,4-10H2,1-3H3. The summed E-state index contributed by atoms with van der Waals surface area (Å²) < 4.78 is 0. The largest absolute Gasteiger partial charge is 0.391 e. The van der Waals surface area contributed by atoms with E-state index in [9.17, 15) is 5.11 Å². The predicted molar refractivity (Wildman–Crippen MR) is 82.0 cm³/mol. The van der Waals surface area contributed by atoms with Crippen molar-refractivity contribution >= 4 is 16.5 Å². The van der Waals surface area contributed by atoms with E-state index in [0.717, 1.165) is 34.7 Å². The number of aliphatic hydroxyl groups excluding tert-OH is 1. The molecule has 1 N–H and O–H groups in total. The number of aromatic nitrogens is 1. The number of thiazole rings is 1. The average molecular weight is 282 g/mol. The molecule has 1 aromatic heterocycles. The molecule has 3 nitrogen and oxygen atoms in total. The van der Waals surface area contributed by atoms with Gasteiger partial charge in [-0.3, -0.25) is 0 Å². The van der Waals surface area contributed by atoms with Crippen LogP contribution in [0.4, 0.5) is 5.13 Å². The van der Waals surface area contributed by atoms with Crippen LogP contribution in [0.5, 0.6) is 0 Å². The smallest absolute Gasteiger partial charge is 0.185 e. The number of hydrogen-bond donors (Lipinski definition) is 1. The minimum atomic E-state index is 0.122. The molecular weight excluding hydrogens is 256 g/mol. The number of anilines is 1. The molecule has 2 rings (SSSR count). The third-order valence-corrected chi connectivity index (χ3v) is 5.11. The molecule has 1 aliphatic heterocycles. The van der Waals surface area contributed by atoms with E-state index in [-0.39, 0.29) is 6.61 Å². The zero-order valence-electron chi connectivity index (χ0n) is 12.4. The van der Waals surface area contributed by atoms with Crippen LogP contribution in [0.2, 0.25) is 0 Å². The predicted octanol–water partition coefficient (Wildman–Crippen LogP) is 3.78. The Labute approximate surface area is 120 Å². The number of rotatable bonds is 5. The van der Waals surface area contributed by atoms with E-state index in [1.165, 1.54) is 25.7 Å². The second kappa shape index (κ2) is 6.71. The molecule has 0 spiro atoms. The molecule has 1 aliphatic rings. The zero-order chi connectivity index (χ0) is 13.8. The van der Waals surface area contributed by atoms with Gasteiger partial charge in [0.25, 0.3) is 0 Å². The molecule has 1 fully saturated rings. The summed E-state index contributed by atoms with van der Waals surface area (Å²) in [6, 6.07) is 0. The number of hydrogen-bond acceptors (Lipinski definition) is 4. The molecule has 4 heteroatoms. The molecule has 1 saturated heterocycles. The van der Waals surface area contributed by atoms with Gasteiger partial charge in [-0.1, -0.05) is 44.9 Å². The van der Waals surface area contributed by atoms with Gasteiger partial charge in [-0.05, 0) is 24.7 Å². The highest BCUT2D eigenvalue weighted by Crippen LogP contribution is 2.33. The number of piperidine rings is 1. The second-order valence-electron chi connectivity index (χ2n) is 5.84. The fourth-order valence-corrected chi connectivity index (χ4v) is 4.00. The third kappa shape index (κ3) is 3.48. The maximum atomic E-state index is 9.44. The number of aliphatic hydroxyl groups is 1. The minimum Gasteiger partial charge on any atom is -0.391 e. The molecule has 1 aromatic rings. The van der Waals surface area contributed by atoms with Crippen molar-refractivity contribution < 1.29 is 5.11 Å². The first-order valence-corrected chi connectivity index (χ1v) is 8.32. The molecule has 0 unspecified atom stereocenters. The molecule has 19 heavy (non-hydrogen) atoms. The summed E-state index contributed by atoms with van der Waals surface area (Å²) in [6.07, 6.45) is 5.25. The summed E-state index contributed by atoms with van der Waals surface area (Å²) in [5.74, 6) is 1.30. The maximum absolute atomic E-state index is 9.44. The van der Waals surface area contributed by atoms with Crippen LogP contribution in [0.3, 0.4) is 0 Å². The first-order chi connectivity index (χ1) is 9.15. The van der Waals surface area contributed by atoms with Crippen molar-refractivity contribution in [2.45, 2.75) is 59.0 Å². The fourth-order valence-electron chi connectivity index (χ4n) is 2.87. The molecule has 0 saturated carbocycles. The number of nitrogens with zero attached hydrogens (tertiary/aromatic N) is 2. The van der Waals surface area contributed by atoms with Gasteiger partial charge >= 0.3 is 0 Å². The molecule has 0 amide bonds. The van der Waals surface area contributed by atoms with Crippen molar-refractivity contribution in [2.75, 3.05) is 18.0 Å². The quantitative estimate of drug-likeness (QED) is 0.893. The SMILES string of the molecule is CCCC1CCN(c2nc(C(C)C)c(CO)s2)CC1. The Morgan fingerprint density at radius 1 is 1.37 bits per heavy atom. The summed E-state index contributed by atoms with van der Waals surface area (Å²) in [7, 11) is 0. The van der Waals surface area contributed by atoms with Crippen LogP contribution in [0.15, 0.2) is 0 Å². The van der Waals surface area contributed by atoms with Crippen molar-refractivity contribution in [3.05, 3.63) is 10.6 Å². The van der Waals surface area contributed by atoms with Gasteiger partial charge < -0.3 is 10.0 Å². The summed E-state index contributed by atoms with van der Waals surface area (Å²) in [5.41, 5.74) is 1.08. The van der Waals surface area contributed by atoms with E-state index < -0.39 is 0 Å². The molecule has 2 heterocycles. The van der Waals surface area contributed by atoms with E-state index in [1.807, 2.05) is 0 Å². The molecule has 0 aliphatic carbocycles. The van der Waals surface area contributed by atoms with E-state index in [2.05, 4.69) is 25.7 Å². The van der Waals surface area contributed by atoms with Crippen molar-refractivity contribution in [2.24, 2.45) is 5.92 Å². The van der Waals surface area contributed by atoms with Crippen LogP contribution in [-0.2, 0) is 6.61 Å². The molecule has 0 radical (unpaired) electrons. The average Bonchev–Trinajstić information content (AvgIpc) is 2.84. The Hall–Kier alpha value is -0.610. The minimum absolute atomic E-state index is 0.122. The second-order valence-corrected chi connectivity index (χ2v) is 6.90. The zero-order valence-corrected chi connectivity index (χ0v) is 13.2. The Bertz CT molecular complexity index is 395. The van der Waals surface area contributed by atoms with Gasteiger partial charge in [0.1, 0.15) is 0 Å². The Morgan fingerprint density at radius 3 is 2.53 bits per heavy atom.